The maximum Gasteiger partial charge on any atom is 0.265 e. The molecular weight excluding hydrogens is 498 g/mol. The molecule has 0 aliphatic heterocycles. The fourth-order valence-corrected chi connectivity index (χ4v) is 5.50. The summed E-state index contributed by atoms with van der Waals surface area (Å²) in [5.74, 6) is 0.0728. The third-order valence-corrected chi connectivity index (χ3v) is 7.63. The quantitative estimate of drug-likeness (QED) is 0.309. The molecule has 0 fully saturated rings. The second-order valence-electron chi connectivity index (χ2n) is 7.10. The number of nitrogens with one attached hydrogen (secondary N) is 2. The molecule has 0 atom stereocenters. The third-order valence-electron chi connectivity index (χ3n) is 4.79. The standard InChI is InChI=1S/C20H15N7O4S3/c21-33(28,29)13-10-8-12(9-11-13)22-19-20(24-15-5-2-1-4-14(15)23-19)27-34(30,31)17-7-3-6-16-18(17)26-32-25-16/h1-11H,(H,22,23)(H,24,27)(H2,21,28,29). The lowest BCUT2D eigenvalue weighted by molar-refractivity contribution is 0.597. The Hall–Kier alpha value is -3.72. The Balaban J connectivity index is 1.57. The van der Waals surface area contributed by atoms with E-state index in [2.05, 4.69) is 28.8 Å². The first-order valence-corrected chi connectivity index (χ1v) is 13.4. The summed E-state index contributed by atoms with van der Waals surface area (Å²) >= 11 is 0.915. The van der Waals surface area contributed by atoms with Crippen LogP contribution in [0.3, 0.4) is 0 Å². The molecule has 0 bridgehead atoms. The monoisotopic (exact) mass is 513 g/mol. The first kappa shape index (κ1) is 22.1. The van der Waals surface area contributed by atoms with Crippen LogP contribution in [0, 0.1) is 0 Å². The van der Waals surface area contributed by atoms with Crippen LogP contribution in [-0.4, -0.2) is 35.6 Å². The maximum atomic E-state index is 13.3. The number of hydrogen-bond acceptors (Lipinski definition) is 10. The van der Waals surface area contributed by atoms with Gasteiger partial charge in [-0.3, -0.25) is 4.72 Å². The van der Waals surface area contributed by atoms with Crippen molar-refractivity contribution in [3.63, 3.8) is 0 Å². The smallest absolute Gasteiger partial charge is 0.265 e. The molecule has 3 aromatic carbocycles. The van der Waals surface area contributed by atoms with E-state index in [1.54, 1.807) is 36.4 Å². The number of nitrogens with two attached hydrogens (primary N) is 1. The minimum absolute atomic E-state index is 0.0443. The topological polar surface area (TPSA) is 170 Å². The lowest BCUT2D eigenvalue weighted by atomic mass is 10.3. The number of sulfonamides is 2. The number of hydrogen-bond donors (Lipinski definition) is 3. The number of aromatic nitrogens is 4. The number of para-hydroxylation sites is 2. The van der Waals surface area contributed by atoms with Crippen LogP contribution < -0.4 is 15.2 Å². The molecule has 0 amide bonds. The average Bonchev–Trinajstić information content (AvgIpc) is 3.28. The summed E-state index contributed by atoms with van der Waals surface area (Å²) < 4.78 is 60.2. The third kappa shape index (κ3) is 4.26. The molecule has 0 radical (unpaired) electrons. The van der Waals surface area contributed by atoms with Crippen LogP contribution >= 0.6 is 11.7 Å². The molecule has 11 nitrogen and oxygen atoms in total. The minimum atomic E-state index is -4.10. The van der Waals surface area contributed by atoms with E-state index in [0.29, 0.717) is 22.2 Å². The molecule has 34 heavy (non-hydrogen) atoms. The van der Waals surface area contributed by atoms with Gasteiger partial charge in [0.2, 0.25) is 10.0 Å². The summed E-state index contributed by atoms with van der Waals surface area (Å²) in [7, 11) is -7.96. The molecule has 0 unspecified atom stereocenters. The van der Waals surface area contributed by atoms with Gasteiger partial charge in [-0.2, -0.15) is 8.75 Å². The molecule has 0 aliphatic rings. The van der Waals surface area contributed by atoms with Crippen LogP contribution in [0.25, 0.3) is 22.1 Å². The zero-order valence-electron chi connectivity index (χ0n) is 17.1. The van der Waals surface area contributed by atoms with E-state index in [4.69, 9.17) is 5.14 Å². The Morgan fingerprint density at radius 2 is 1.38 bits per heavy atom. The van der Waals surface area contributed by atoms with Crippen molar-refractivity contribution in [3.05, 3.63) is 66.7 Å². The summed E-state index contributed by atoms with van der Waals surface area (Å²) in [5.41, 5.74) is 2.17. The van der Waals surface area contributed by atoms with Crippen LogP contribution in [0.1, 0.15) is 0 Å². The van der Waals surface area contributed by atoms with Crippen molar-refractivity contribution in [2.24, 2.45) is 5.14 Å². The van der Waals surface area contributed by atoms with Gasteiger partial charge in [0.05, 0.1) is 27.7 Å². The molecule has 14 heteroatoms. The molecule has 172 valence electrons. The number of primary sulfonamides is 1. The highest BCUT2D eigenvalue weighted by Gasteiger charge is 2.23. The first-order chi connectivity index (χ1) is 16.2. The second kappa shape index (κ2) is 8.25. The Labute approximate surface area is 198 Å². The van der Waals surface area contributed by atoms with Gasteiger partial charge in [-0.05, 0) is 48.5 Å². The molecule has 0 aliphatic carbocycles. The van der Waals surface area contributed by atoms with Crippen molar-refractivity contribution >= 4 is 71.2 Å². The Bertz CT molecular complexity index is 1750. The van der Waals surface area contributed by atoms with Crippen molar-refractivity contribution in [1.82, 2.24) is 18.7 Å². The molecule has 5 rings (SSSR count). The highest BCUT2D eigenvalue weighted by molar-refractivity contribution is 7.93. The summed E-state index contributed by atoms with van der Waals surface area (Å²) in [6, 6.07) is 17.3. The van der Waals surface area contributed by atoms with Gasteiger partial charge in [-0.15, -0.1) is 0 Å². The van der Waals surface area contributed by atoms with E-state index < -0.39 is 20.0 Å². The SMILES string of the molecule is NS(=O)(=O)c1ccc(Nc2nc3ccccc3nc2NS(=O)(=O)c2cccc3nsnc23)cc1. The van der Waals surface area contributed by atoms with Gasteiger partial charge in [0.25, 0.3) is 10.0 Å². The van der Waals surface area contributed by atoms with E-state index in [0.717, 1.165) is 11.7 Å². The fourth-order valence-electron chi connectivity index (χ4n) is 3.20. The normalized spacial score (nSPS) is 12.1. The van der Waals surface area contributed by atoms with Gasteiger partial charge in [-0.1, -0.05) is 18.2 Å². The van der Waals surface area contributed by atoms with E-state index in [9.17, 15) is 16.8 Å². The largest absolute Gasteiger partial charge is 0.337 e. The van der Waals surface area contributed by atoms with Crippen LogP contribution in [0.5, 0.6) is 0 Å². The van der Waals surface area contributed by atoms with Crippen LogP contribution in [0.4, 0.5) is 17.3 Å². The van der Waals surface area contributed by atoms with Crippen molar-refractivity contribution in [2.45, 2.75) is 9.79 Å². The minimum Gasteiger partial charge on any atom is -0.337 e. The van der Waals surface area contributed by atoms with Crippen molar-refractivity contribution in [2.75, 3.05) is 10.0 Å². The van der Waals surface area contributed by atoms with Gasteiger partial charge in [0, 0.05) is 5.69 Å². The highest BCUT2D eigenvalue weighted by atomic mass is 32.2. The molecular formula is C20H15N7O4S3. The molecule has 2 aromatic heterocycles. The van der Waals surface area contributed by atoms with Crippen LogP contribution in [0.2, 0.25) is 0 Å². The van der Waals surface area contributed by atoms with Crippen molar-refractivity contribution < 1.29 is 16.8 Å². The highest BCUT2D eigenvalue weighted by Crippen LogP contribution is 2.29. The molecule has 4 N–H and O–H groups in total. The van der Waals surface area contributed by atoms with E-state index in [1.807, 2.05) is 0 Å². The molecule has 0 saturated heterocycles. The lowest BCUT2D eigenvalue weighted by Gasteiger charge is -2.14. The summed E-state index contributed by atoms with van der Waals surface area (Å²) in [6.07, 6.45) is 0. The zero-order valence-corrected chi connectivity index (χ0v) is 19.5. The fraction of sp³-hybridized carbons (Fsp3) is 0. The van der Waals surface area contributed by atoms with Crippen molar-refractivity contribution in [1.29, 1.82) is 0 Å². The summed E-state index contributed by atoms with van der Waals surface area (Å²) in [4.78, 5) is 8.84. The predicted octanol–water partition coefficient (Wildman–Crippen LogP) is 2.83. The van der Waals surface area contributed by atoms with Gasteiger partial charge in [-0.25, -0.2) is 31.9 Å². The number of rotatable bonds is 6. The number of anilines is 3. The molecule has 5 aromatic rings. The molecule has 0 saturated carbocycles. The van der Waals surface area contributed by atoms with Crippen LogP contribution in [0.15, 0.2) is 76.5 Å². The van der Waals surface area contributed by atoms with Crippen LogP contribution in [-0.2, 0) is 20.0 Å². The zero-order chi connectivity index (χ0) is 23.9. The number of fused-ring (bicyclic) bond motifs is 2. The number of nitrogens with zero attached hydrogens (tertiary/aromatic N) is 4. The predicted molar refractivity (Wildman–Crippen MR) is 129 cm³/mol. The maximum absolute atomic E-state index is 13.3. The lowest BCUT2D eigenvalue weighted by Crippen LogP contribution is -2.16. The van der Waals surface area contributed by atoms with Gasteiger partial charge >= 0.3 is 0 Å². The van der Waals surface area contributed by atoms with Crippen molar-refractivity contribution in [3.8, 4) is 0 Å². The Kier molecular flexibility index (Phi) is 5.36. The van der Waals surface area contributed by atoms with E-state index >= 15 is 0 Å². The Morgan fingerprint density at radius 3 is 2.06 bits per heavy atom. The van der Waals surface area contributed by atoms with Gasteiger partial charge in [0.15, 0.2) is 11.6 Å². The van der Waals surface area contributed by atoms with Gasteiger partial charge < -0.3 is 5.32 Å². The summed E-state index contributed by atoms with van der Waals surface area (Å²) in [5, 5.41) is 8.13. The van der Waals surface area contributed by atoms with E-state index in [-0.39, 0.29) is 26.9 Å². The Morgan fingerprint density at radius 1 is 0.735 bits per heavy atom. The molecule has 0 spiro atoms. The first-order valence-electron chi connectivity index (χ1n) is 9.61. The van der Waals surface area contributed by atoms with Gasteiger partial charge in [0.1, 0.15) is 15.9 Å². The molecule has 2 heterocycles. The van der Waals surface area contributed by atoms with E-state index in [1.165, 1.54) is 30.3 Å². The second-order valence-corrected chi connectivity index (χ2v) is 10.8. The number of benzene rings is 3. The average molecular weight is 514 g/mol. The summed E-state index contributed by atoms with van der Waals surface area (Å²) in [6.45, 7) is 0.